The molecule has 1 aromatic heterocycles. The Hall–Kier alpha value is -1.76. The van der Waals surface area contributed by atoms with Crippen molar-refractivity contribution in [3.8, 4) is 0 Å². The number of benzene rings is 1. The molecular formula is C14H20N4O2. The van der Waals surface area contributed by atoms with Crippen LogP contribution in [-0.2, 0) is 26.2 Å². The Morgan fingerprint density at radius 3 is 2.80 bits per heavy atom. The normalized spacial score (nSPS) is 10.9. The van der Waals surface area contributed by atoms with E-state index < -0.39 is 0 Å². The van der Waals surface area contributed by atoms with Gasteiger partial charge in [0.25, 0.3) is 0 Å². The van der Waals surface area contributed by atoms with Gasteiger partial charge in [-0.2, -0.15) is 0 Å². The summed E-state index contributed by atoms with van der Waals surface area (Å²) in [5.41, 5.74) is 2.92. The van der Waals surface area contributed by atoms with Crippen LogP contribution in [0.1, 0.15) is 23.2 Å². The summed E-state index contributed by atoms with van der Waals surface area (Å²) in [5.74, 6) is 0. The lowest BCUT2D eigenvalue weighted by Crippen LogP contribution is -2.13. The fraction of sp³-hybridized carbons (Fsp3) is 0.429. The van der Waals surface area contributed by atoms with E-state index in [4.69, 9.17) is 10.2 Å². The summed E-state index contributed by atoms with van der Waals surface area (Å²) >= 11 is 0. The van der Waals surface area contributed by atoms with Crippen molar-refractivity contribution in [1.82, 2.24) is 20.3 Å². The maximum Gasteiger partial charge on any atom is 0.0964 e. The zero-order chi connectivity index (χ0) is 14.2. The fourth-order valence-corrected chi connectivity index (χ4v) is 1.93. The molecular weight excluding hydrogens is 256 g/mol. The van der Waals surface area contributed by atoms with Crippen molar-refractivity contribution in [2.75, 3.05) is 6.61 Å². The predicted octanol–water partition coefficient (Wildman–Crippen LogP) is 0.443. The standard InChI is InChI=1S/C14H20N4O2/c19-6-2-5-18-10-14(16-17-18)9-15-8-12-3-1-4-13(7-12)11-20/h1,3-4,7,10,15,19-20H,2,5-6,8-9,11H2. The van der Waals surface area contributed by atoms with Gasteiger partial charge in [-0.05, 0) is 17.5 Å². The van der Waals surface area contributed by atoms with E-state index in [1.807, 2.05) is 30.5 Å². The van der Waals surface area contributed by atoms with Crippen LogP contribution in [0, 0.1) is 0 Å². The molecule has 108 valence electrons. The molecule has 2 rings (SSSR count). The highest BCUT2D eigenvalue weighted by molar-refractivity contribution is 5.22. The molecule has 0 atom stereocenters. The zero-order valence-electron chi connectivity index (χ0n) is 11.4. The third-order valence-electron chi connectivity index (χ3n) is 2.94. The molecule has 0 amide bonds. The number of aliphatic hydroxyl groups excluding tert-OH is 2. The van der Waals surface area contributed by atoms with Crippen LogP contribution in [-0.4, -0.2) is 31.8 Å². The Morgan fingerprint density at radius 2 is 2.00 bits per heavy atom. The van der Waals surface area contributed by atoms with Gasteiger partial charge < -0.3 is 15.5 Å². The first kappa shape index (κ1) is 14.6. The van der Waals surface area contributed by atoms with Crippen molar-refractivity contribution < 1.29 is 10.2 Å². The highest BCUT2D eigenvalue weighted by Crippen LogP contribution is 2.05. The number of nitrogens with one attached hydrogen (secondary N) is 1. The summed E-state index contributed by atoms with van der Waals surface area (Å²) in [4.78, 5) is 0. The molecule has 0 bridgehead atoms. The summed E-state index contributed by atoms with van der Waals surface area (Å²) in [6, 6.07) is 7.83. The molecule has 0 aliphatic carbocycles. The summed E-state index contributed by atoms with van der Waals surface area (Å²) < 4.78 is 1.74. The second-order valence-electron chi connectivity index (χ2n) is 4.63. The molecule has 0 saturated carbocycles. The van der Waals surface area contributed by atoms with Gasteiger partial charge in [0.05, 0.1) is 12.3 Å². The average Bonchev–Trinajstić information content (AvgIpc) is 2.93. The lowest BCUT2D eigenvalue weighted by molar-refractivity contribution is 0.276. The molecule has 1 heterocycles. The lowest BCUT2D eigenvalue weighted by Gasteiger charge is -2.04. The molecule has 6 heteroatoms. The fourth-order valence-electron chi connectivity index (χ4n) is 1.93. The number of aromatic nitrogens is 3. The van der Waals surface area contributed by atoms with Crippen LogP contribution >= 0.6 is 0 Å². The zero-order valence-corrected chi connectivity index (χ0v) is 11.4. The molecule has 20 heavy (non-hydrogen) atoms. The highest BCUT2D eigenvalue weighted by Gasteiger charge is 2.01. The molecule has 6 nitrogen and oxygen atoms in total. The Kier molecular flexibility index (Phi) is 5.67. The first-order chi connectivity index (χ1) is 9.81. The van der Waals surface area contributed by atoms with Crippen LogP contribution in [0.3, 0.4) is 0 Å². The largest absolute Gasteiger partial charge is 0.396 e. The second kappa shape index (κ2) is 7.74. The Bertz CT molecular complexity index is 527. The minimum Gasteiger partial charge on any atom is -0.396 e. The van der Waals surface area contributed by atoms with Gasteiger partial charge in [0, 0.05) is 32.4 Å². The van der Waals surface area contributed by atoms with Crippen molar-refractivity contribution in [3.05, 3.63) is 47.3 Å². The van der Waals surface area contributed by atoms with E-state index in [0.717, 1.165) is 23.4 Å². The van der Waals surface area contributed by atoms with Gasteiger partial charge in [0.2, 0.25) is 0 Å². The van der Waals surface area contributed by atoms with E-state index in [9.17, 15) is 0 Å². The van der Waals surface area contributed by atoms with Crippen LogP contribution in [0.2, 0.25) is 0 Å². The van der Waals surface area contributed by atoms with Crippen molar-refractivity contribution in [1.29, 1.82) is 0 Å². The van der Waals surface area contributed by atoms with Crippen LogP contribution in [0.4, 0.5) is 0 Å². The molecule has 3 N–H and O–H groups in total. The SMILES string of the molecule is OCCCn1cc(CNCc2cccc(CO)c2)nn1. The van der Waals surface area contributed by atoms with Crippen molar-refractivity contribution in [2.45, 2.75) is 32.7 Å². The van der Waals surface area contributed by atoms with Gasteiger partial charge in [-0.3, -0.25) is 4.68 Å². The van der Waals surface area contributed by atoms with Crippen molar-refractivity contribution >= 4 is 0 Å². The van der Waals surface area contributed by atoms with Gasteiger partial charge in [-0.25, -0.2) is 0 Å². The number of hydrogen-bond donors (Lipinski definition) is 3. The number of rotatable bonds is 8. The third-order valence-corrected chi connectivity index (χ3v) is 2.94. The van der Waals surface area contributed by atoms with Crippen LogP contribution in [0.25, 0.3) is 0 Å². The summed E-state index contributed by atoms with van der Waals surface area (Å²) in [7, 11) is 0. The van der Waals surface area contributed by atoms with E-state index in [0.29, 0.717) is 19.5 Å². The topological polar surface area (TPSA) is 83.2 Å². The Morgan fingerprint density at radius 1 is 1.15 bits per heavy atom. The molecule has 0 unspecified atom stereocenters. The molecule has 2 aromatic rings. The summed E-state index contributed by atoms with van der Waals surface area (Å²) in [6.45, 7) is 2.27. The smallest absolute Gasteiger partial charge is 0.0964 e. The average molecular weight is 276 g/mol. The Balaban J connectivity index is 1.78. The lowest BCUT2D eigenvalue weighted by atomic mass is 10.1. The molecule has 0 spiro atoms. The number of nitrogens with zero attached hydrogens (tertiary/aromatic N) is 3. The van der Waals surface area contributed by atoms with Crippen LogP contribution in [0.15, 0.2) is 30.5 Å². The molecule has 0 aliphatic heterocycles. The first-order valence-electron chi connectivity index (χ1n) is 6.71. The number of aliphatic hydroxyl groups is 2. The quantitative estimate of drug-likeness (QED) is 0.652. The molecule has 1 aromatic carbocycles. The minimum absolute atomic E-state index is 0.0625. The van der Waals surface area contributed by atoms with E-state index in [1.54, 1.807) is 4.68 Å². The third kappa shape index (κ3) is 4.41. The predicted molar refractivity (Wildman–Crippen MR) is 74.6 cm³/mol. The van der Waals surface area contributed by atoms with Gasteiger partial charge in [0.15, 0.2) is 0 Å². The van der Waals surface area contributed by atoms with Gasteiger partial charge >= 0.3 is 0 Å². The van der Waals surface area contributed by atoms with Crippen molar-refractivity contribution in [3.63, 3.8) is 0 Å². The summed E-state index contributed by atoms with van der Waals surface area (Å²) in [6.07, 6.45) is 2.57. The van der Waals surface area contributed by atoms with E-state index in [-0.39, 0.29) is 13.2 Å². The monoisotopic (exact) mass is 276 g/mol. The number of hydrogen-bond acceptors (Lipinski definition) is 5. The summed E-state index contributed by atoms with van der Waals surface area (Å²) in [5, 5.41) is 29.2. The highest BCUT2D eigenvalue weighted by atomic mass is 16.3. The molecule has 0 saturated heterocycles. The maximum atomic E-state index is 9.08. The van der Waals surface area contributed by atoms with Crippen LogP contribution in [0.5, 0.6) is 0 Å². The van der Waals surface area contributed by atoms with E-state index >= 15 is 0 Å². The second-order valence-corrected chi connectivity index (χ2v) is 4.63. The maximum absolute atomic E-state index is 9.08. The van der Waals surface area contributed by atoms with E-state index in [2.05, 4.69) is 15.6 Å². The van der Waals surface area contributed by atoms with Gasteiger partial charge in [0.1, 0.15) is 0 Å². The first-order valence-corrected chi connectivity index (χ1v) is 6.71. The van der Waals surface area contributed by atoms with Gasteiger partial charge in [-0.1, -0.05) is 29.5 Å². The number of aryl methyl sites for hydroxylation is 1. The molecule has 0 fully saturated rings. The van der Waals surface area contributed by atoms with Gasteiger partial charge in [-0.15, -0.1) is 5.10 Å². The molecule has 0 radical (unpaired) electrons. The Labute approximate surface area is 118 Å². The minimum atomic E-state index is 0.0625. The molecule has 0 aliphatic rings. The van der Waals surface area contributed by atoms with Crippen molar-refractivity contribution in [2.24, 2.45) is 0 Å². The van der Waals surface area contributed by atoms with Crippen LogP contribution < -0.4 is 5.32 Å². The van der Waals surface area contributed by atoms with E-state index in [1.165, 1.54) is 0 Å².